The molecule has 18 heavy (non-hydrogen) atoms. The van der Waals surface area contributed by atoms with Crippen LogP contribution >= 0.6 is 11.6 Å². The zero-order valence-corrected chi connectivity index (χ0v) is 10.8. The molecule has 1 fully saturated rings. The van der Waals surface area contributed by atoms with E-state index in [1.807, 2.05) is 12.1 Å². The van der Waals surface area contributed by atoms with Gasteiger partial charge >= 0.3 is 5.97 Å². The SMILES string of the molecule is COC(=O)[C@H]1CCC(=O)N1Cc1ccc(Cl)cc1. The van der Waals surface area contributed by atoms with Gasteiger partial charge in [0, 0.05) is 18.0 Å². The molecular weight excluding hydrogens is 254 g/mol. The van der Waals surface area contributed by atoms with Gasteiger partial charge in [0.1, 0.15) is 6.04 Å². The molecule has 0 spiro atoms. The Balaban J connectivity index is 2.12. The number of ether oxygens (including phenoxy) is 1. The van der Waals surface area contributed by atoms with Gasteiger partial charge in [-0.2, -0.15) is 0 Å². The fraction of sp³-hybridized carbons (Fsp3) is 0.385. The molecule has 1 atom stereocenters. The summed E-state index contributed by atoms with van der Waals surface area (Å²) < 4.78 is 4.72. The summed E-state index contributed by atoms with van der Waals surface area (Å²) >= 11 is 5.80. The fourth-order valence-corrected chi connectivity index (χ4v) is 2.23. The highest BCUT2D eigenvalue weighted by molar-refractivity contribution is 6.30. The Morgan fingerprint density at radius 2 is 2.11 bits per heavy atom. The Labute approximate surface area is 110 Å². The molecule has 0 unspecified atom stereocenters. The molecule has 1 aliphatic rings. The first-order valence-electron chi connectivity index (χ1n) is 5.73. The van der Waals surface area contributed by atoms with Gasteiger partial charge in [-0.15, -0.1) is 0 Å². The summed E-state index contributed by atoms with van der Waals surface area (Å²) in [5.41, 5.74) is 0.948. The first-order valence-corrected chi connectivity index (χ1v) is 6.11. The lowest BCUT2D eigenvalue weighted by atomic mass is 10.2. The third-order valence-electron chi connectivity index (χ3n) is 3.07. The molecule has 2 rings (SSSR count). The molecule has 0 bridgehead atoms. The minimum absolute atomic E-state index is 0.0136. The van der Waals surface area contributed by atoms with Crippen molar-refractivity contribution in [1.29, 1.82) is 0 Å². The lowest BCUT2D eigenvalue weighted by Crippen LogP contribution is -2.38. The predicted molar refractivity (Wildman–Crippen MR) is 67.0 cm³/mol. The van der Waals surface area contributed by atoms with Crippen LogP contribution in [0.3, 0.4) is 0 Å². The van der Waals surface area contributed by atoms with Gasteiger partial charge in [-0.05, 0) is 24.1 Å². The number of benzene rings is 1. The van der Waals surface area contributed by atoms with E-state index in [0.717, 1.165) is 5.56 Å². The van der Waals surface area contributed by atoms with Gasteiger partial charge in [0.05, 0.1) is 7.11 Å². The Bertz CT molecular complexity index is 458. The monoisotopic (exact) mass is 267 g/mol. The normalized spacial score (nSPS) is 19.1. The minimum atomic E-state index is -0.460. The van der Waals surface area contributed by atoms with Gasteiger partial charge in [0.15, 0.2) is 0 Å². The summed E-state index contributed by atoms with van der Waals surface area (Å²) in [4.78, 5) is 24.9. The van der Waals surface area contributed by atoms with Crippen LogP contribution in [0.15, 0.2) is 24.3 Å². The van der Waals surface area contributed by atoms with Crippen molar-refractivity contribution in [2.24, 2.45) is 0 Å². The second kappa shape index (κ2) is 5.40. The summed E-state index contributed by atoms with van der Waals surface area (Å²) in [6.45, 7) is 0.412. The zero-order chi connectivity index (χ0) is 13.1. The quantitative estimate of drug-likeness (QED) is 0.787. The van der Waals surface area contributed by atoms with E-state index in [9.17, 15) is 9.59 Å². The number of carbonyl (C=O) groups excluding carboxylic acids is 2. The van der Waals surface area contributed by atoms with E-state index in [1.54, 1.807) is 17.0 Å². The number of hydrogen-bond acceptors (Lipinski definition) is 3. The first kappa shape index (κ1) is 12.9. The third kappa shape index (κ3) is 2.64. The minimum Gasteiger partial charge on any atom is -0.467 e. The molecule has 1 aliphatic heterocycles. The fourth-order valence-electron chi connectivity index (χ4n) is 2.10. The van der Waals surface area contributed by atoms with E-state index in [0.29, 0.717) is 24.4 Å². The molecule has 5 heteroatoms. The Morgan fingerprint density at radius 1 is 1.44 bits per heavy atom. The maximum absolute atomic E-state index is 11.8. The number of methoxy groups -OCH3 is 1. The maximum Gasteiger partial charge on any atom is 0.328 e. The van der Waals surface area contributed by atoms with Crippen molar-refractivity contribution in [2.45, 2.75) is 25.4 Å². The van der Waals surface area contributed by atoms with Crippen LogP contribution in [-0.4, -0.2) is 29.9 Å². The average molecular weight is 268 g/mol. The van der Waals surface area contributed by atoms with Gasteiger partial charge in [-0.3, -0.25) is 4.79 Å². The number of rotatable bonds is 3. The van der Waals surface area contributed by atoms with Crippen LogP contribution in [0.1, 0.15) is 18.4 Å². The largest absolute Gasteiger partial charge is 0.467 e. The first-order chi connectivity index (χ1) is 8.61. The van der Waals surface area contributed by atoms with Crippen molar-refractivity contribution in [2.75, 3.05) is 7.11 Å². The van der Waals surface area contributed by atoms with Crippen LogP contribution in [0, 0.1) is 0 Å². The molecule has 0 N–H and O–H groups in total. The Hall–Kier alpha value is -1.55. The zero-order valence-electron chi connectivity index (χ0n) is 10.1. The number of likely N-dealkylation sites (tertiary alicyclic amines) is 1. The highest BCUT2D eigenvalue weighted by atomic mass is 35.5. The Morgan fingerprint density at radius 3 is 2.72 bits per heavy atom. The molecule has 0 aliphatic carbocycles. The van der Waals surface area contributed by atoms with Crippen molar-refractivity contribution in [3.63, 3.8) is 0 Å². The molecule has 0 radical (unpaired) electrons. The maximum atomic E-state index is 11.8. The summed E-state index contributed by atoms with van der Waals surface area (Å²) in [6, 6.07) is 6.78. The molecular formula is C13H14ClNO3. The van der Waals surface area contributed by atoms with Crippen molar-refractivity contribution in [1.82, 2.24) is 4.90 Å². The third-order valence-corrected chi connectivity index (χ3v) is 3.32. The van der Waals surface area contributed by atoms with Gasteiger partial charge in [-0.1, -0.05) is 23.7 Å². The summed E-state index contributed by atoms with van der Waals surface area (Å²) in [5.74, 6) is -0.366. The van der Waals surface area contributed by atoms with Gasteiger partial charge < -0.3 is 9.64 Å². The predicted octanol–water partition coefficient (Wildman–Crippen LogP) is 2.00. The number of halogens is 1. The van der Waals surface area contributed by atoms with E-state index in [1.165, 1.54) is 7.11 Å². The van der Waals surface area contributed by atoms with Gasteiger partial charge in [0.25, 0.3) is 0 Å². The lowest BCUT2D eigenvalue weighted by Gasteiger charge is -2.22. The van der Waals surface area contributed by atoms with E-state index in [4.69, 9.17) is 16.3 Å². The van der Waals surface area contributed by atoms with Crippen LogP contribution in [-0.2, 0) is 20.9 Å². The molecule has 0 aromatic heterocycles. The molecule has 1 heterocycles. The van der Waals surface area contributed by atoms with Crippen LogP contribution in [0.2, 0.25) is 5.02 Å². The highest BCUT2D eigenvalue weighted by Crippen LogP contribution is 2.23. The van der Waals surface area contributed by atoms with E-state index in [2.05, 4.69) is 0 Å². The van der Waals surface area contributed by atoms with Crippen LogP contribution in [0.5, 0.6) is 0 Å². The molecule has 4 nitrogen and oxygen atoms in total. The van der Waals surface area contributed by atoms with Gasteiger partial charge in [-0.25, -0.2) is 4.79 Å². The molecule has 1 aromatic carbocycles. The molecule has 1 aromatic rings. The van der Waals surface area contributed by atoms with Crippen molar-refractivity contribution >= 4 is 23.5 Å². The number of esters is 1. The van der Waals surface area contributed by atoms with Crippen LogP contribution < -0.4 is 0 Å². The van der Waals surface area contributed by atoms with Crippen molar-refractivity contribution in [3.8, 4) is 0 Å². The summed E-state index contributed by atoms with van der Waals surface area (Å²) in [6.07, 6.45) is 0.923. The van der Waals surface area contributed by atoms with E-state index < -0.39 is 6.04 Å². The number of carbonyl (C=O) groups is 2. The molecule has 0 saturated carbocycles. The van der Waals surface area contributed by atoms with Crippen molar-refractivity contribution in [3.05, 3.63) is 34.9 Å². The van der Waals surface area contributed by atoms with Crippen LogP contribution in [0.25, 0.3) is 0 Å². The second-order valence-corrected chi connectivity index (χ2v) is 4.66. The topological polar surface area (TPSA) is 46.6 Å². The number of nitrogens with zero attached hydrogens (tertiary/aromatic N) is 1. The number of hydrogen-bond donors (Lipinski definition) is 0. The smallest absolute Gasteiger partial charge is 0.328 e. The van der Waals surface area contributed by atoms with E-state index >= 15 is 0 Å². The molecule has 1 amide bonds. The van der Waals surface area contributed by atoms with E-state index in [-0.39, 0.29) is 11.9 Å². The standard InChI is InChI=1S/C13H14ClNO3/c1-18-13(17)11-6-7-12(16)15(11)8-9-2-4-10(14)5-3-9/h2-5,11H,6-8H2,1H3/t11-/m1/s1. The van der Waals surface area contributed by atoms with Crippen molar-refractivity contribution < 1.29 is 14.3 Å². The van der Waals surface area contributed by atoms with Gasteiger partial charge in [0.2, 0.25) is 5.91 Å². The Kier molecular flexibility index (Phi) is 3.87. The average Bonchev–Trinajstić information content (AvgIpc) is 2.73. The highest BCUT2D eigenvalue weighted by Gasteiger charge is 2.36. The lowest BCUT2D eigenvalue weighted by molar-refractivity contribution is -0.149. The summed E-state index contributed by atoms with van der Waals surface area (Å²) in [7, 11) is 1.34. The van der Waals surface area contributed by atoms with Crippen LogP contribution in [0.4, 0.5) is 0 Å². The number of amides is 1. The molecule has 96 valence electrons. The molecule has 1 saturated heterocycles. The second-order valence-electron chi connectivity index (χ2n) is 4.23. The summed E-state index contributed by atoms with van der Waals surface area (Å²) in [5, 5.41) is 0.649.